The SMILES string of the molecule is CCOC(=O)c1ccc(NCc2cc(C(=O)O)cs2)cc1. The molecule has 1 aromatic carbocycles. The summed E-state index contributed by atoms with van der Waals surface area (Å²) >= 11 is 1.39. The molecule has 2 N–H and O–H groups in total. The number of thiophene rings is 1. The summed E-state index contributed by atoms with van der Waals surface area (Å²) in [6, 6.07) is 8.61. The summed E-state index contributed by atoms with van der Waals surface area (Å²) in [6.07, 6.45) is 0. The first-order valence-electron chi connectivity index (χ1n) is 6.42. The van der Waals surface area contributed by atoms with Crippen molar-refractivity contribution < 1.29 is 19.4 Å². The Bertz CT molecular complexity index is 633. The van der Waals surface area contributed by atoms with Gasteiger partial charge in [0.25, 0.3) is 0 Å². The van der Waals surface area contributed by atoms with Gasteiger partial charge in [0.15, 0.2) is 0 Å². The molecule has 110 valence electrons. The zero-order chi connectivity index (χ0) is 15.2. The molecule has 0 aliphatic rings. The molecule has 0 saturated heterocycles. The average molecular weight is 305 g/mol. The molecule has 0 bridgehead atoms. The first-order chi connectivity index (χ1) is 10.1. The number of benzene rings is 1. The number of hydrogen-bond acceptors (Lipinski definition) is 5. The maximum absolute atomic E-state index is 11.5. The van der Waals surface area contributed by atoms with E-state index in [-0.39, 0.29) is 5.97 Å². The predicted octanol–water partition coefficient (Wildman–Crippen LogP) is 3.24. The first-order valence-corrected chi connectivity index (χ1v) is 7.30. The predicted molar refractivity (Wildman–Crippen MR) is 81.0 cm³/mol. The number of carbonyl (C=O) groups is 2. The minimum absolute atomic E-state index is 0.300. The van der Waals surface area contributed by atoms with Crippen LogP contribution in [0, 0.1) is 0 Å². The third-order valence-corrected chi connectivity index (χ3v) is 3.70. The number of aromatic carboxylic acids is 1. The normalized spacial score (nSPS) is 10.1. The van der Waals surface area contributed by atoms with Crippen molar-refractivity contribution in [2.24, 2.45) is 0 Å². The number of nitrogens with one attached hydrogen (secondary N) is 1. The second kappa shape index (κ2) is 6.90. The number of anilines is 1. The van der Waals surface area contributed by atoms with Crippen LogP contribution in [-0.2, 0) is 11.3 Å². The number of hydrogen-bond donors (Lipinski definition) is 2. The van der Waals surface area contributed by atoms with Crippen LogP contribution >= 0.6 is 11.3 Å². The maximum atomic E-state index is 11.5. The van der Waals surface area contributed by atoms with Crippen LogP contribution in [0.1, 0.15) is 32.5 Å². The summed E-state index contributed by atoms with van der Waals surface area (Å²) in [5, 5.41) is 13.6. The molecule has 0 aliphatic carbocycles. The van der Waals surface area contributed by atoms with E-state index in [0.29, 0.717) is 24.3 Å². The van der Waals surface area contributed by atoms with Crippen LogP contribution in [0.2, 0.25) is 0 Å². The molecular formula is C15H15NO4S. The molecule has 0 radical (unpaired) electrons. The number of carboxylic acids is 1. The van der Waals surface area contributed by atoms with Gasteiger partial charge in [-0.2, -0.15) is 0 Å². The molecule has 1 aromatic heterocycles. The van der Waals surface area contributed by atoms with Crippen molar-refractivity contribution in [3.63, 3.8) is 0 Å². The number of rotatable bonds is 6. The van der Waals surface area contributed by atoms with Crippen molar-refractivity contribution >= 4 is 29.0 Å². The Labute approximate surface area is 126 Å². The van der Waals surface area contributed by atoms with Crippen LogP contribution in [0.25, 0.3) is 0 Å². The summed E-state index contributed by atoms with van der Waals surface area (Å²) in [6.45, 7) is 2.65. The molecule has 0 saturated carbocycles. The molecule has 0 unspecified atom stereocenters. The van der Waals surface area contributed by atoms with Gasteiger partial charge in [-0.25, -0.2) is 9.59 Å². The Morgan fingerprint density at radius 3 is 2.52 bits per heavy atom. The van der Waals surface area contributed by atoms with E-state index in [1.165, 1.54) is 11.3 Å². The second-order valence-corrected chi connectivity index (χ2v) is 5.25. The highest BCUT2D eigenvalue weighted by molar-refractivity contribution is 7.10. The molecule has 0 fully saturated rings. The minimum atomic E-state index is -0.920. The highest BCUT2D eigenvalue weighted by atomic mass is 32.1. The second-order valence-electron chi connectivity index (χ2n) is 4.26. The lowest BCUT2D eigenvalue weighted by atomic mass is 10.2. The summed E-state index contributed by atoms with van der Waals surface area (Å²) in [5.41, 5.74) is 1.66. The smallest absolute Gasteiger partial charge is 0.338 e. The fourth-order valence-corrected chi connectivity index (χ4v) is 2.51. The van der Waals surface area contributed by atoms with E-state index in [2.05, 4.69) is 5.32 Å². The quantitative estimate of drug-likeness (QED) is 0.801. The summed E-state index contributed by atoms with van der Waals surface area (Å²) in [4.78, 5) is 23.2. The lowest BCUT2D eigenvalue weighted by Gasteiger charge is -2.06. The van der Waals surface area contributed by atoms with Crippen LogP contribution in [-0.4, -0.2) is 23.7 Å². The summed E-state index contributed by atoms with van der Waals surface area (Å²) in [5.74, 6) is -1.26. The monoisotopic (exact) mass is 305 g/mol. The van der Waals surface area contributed by atoms with E-state index in [1.807, 2.05) is 0 Å². The number of ether oxygens (including phenoxy) is 1. The number of carbonyl (C=O) groups excluding carboxylic acids is 1. The zero-order valence-electron chi connectivity index (χ0n) is 11.5. The van der Waals surface area contributed by atoms with E-state index in [0.717, 1.165) is 10.6 Å². The van der Waals surface area contributed by atoms with Crippen molar-refractivity contribution in [2.75, 3.05) is 11.9 Å². The van der Waals surface area contributed by atoms with Gasteiger partial charge in [-0.3, -0.25) is 0 Å². The molecule has 2 aromatic rings. The van der Waals surface area contributed by atoms with E-state index >= 15 is 0 Å². The van der Waals surface area contributed by atoms with E-state index < -0.39 is 5.97 Å². The maximum Gasteiger partial charge on any atom is 0.338 e. The molecule has 0 atom stereocenters. The van der Waals surface area contributed by atoms with Crippen molar-refractivity contribution in [1.82, 2.24) is 0 Å². The van der Waals surface area contributed by atoms with Gasteiger partial charge in [-0.15, -0.1) is 11.3 Å². The highest BCUT2D eigenvalue weighted by Gasteiger charge is 2.07. The van der Waals surface area contributed by atoms with Crippen LogP contribution in [0.15, 0.2) is 35.7 Å². The highest BCUT2D eigenvalue weighted by Crippen LogP contribution is 2.17. The Kier molecular flexibility index (Phi) is 4.94. The van der Waals surface area contributed by atoms with Crippen LogP contribution < -0.4 is 5.32 Å². The van der Waals surface area contributed by atoms with E-state index in [1.54, 1.807) is 42.6 Å². The molecule has 0 amide bonds. The van der Waals surface area contributed by atoms with Crippen molar-refractivity contribution in [3.05, 3.63) is 51.7 Å². The number of esters is 1. The molecule has 5 nitrogen and oxygen atoms in total. The Balaban J connectivity index is 1.94. The topological polar surface area (TPSA) is 75.6 Å². The molecule has 0 aliphatic heterocycles. The Morgan fingerprint density at radius 2 is 1.95 bits per heavy atom. The molecule has 1 heterocycles. The fraction of sp³-hybridized carbons (Fsp3) is 0.200. The summed E-state index contributed by atoms with van der Waals surface area (Å²) < 4.78 is 4.91. The zero-order valence-corrected chi connectivity index (χ0v) is 12.3. The van der Waals surface area contributed by atoms with Crippen molar-refractivity contribution in [1.29, 1.82) is 0 Å². The minimum Gasteiger partial charge on any atom is -0.478 e. The molecule has 2 rings (SSSR count). The van der Waals surface area contributed by atoms with Gasteiger partial charge < -0.3 is 15.2 Å². The van der Waals surface area contributed by atoms with E-state index in [4.69, 9.17) is 9.84 Å². The van der Waals surface area contributed by atoms with Gasteiger partial charge in [0.05, 0.1) is 17.7 Å². The largest absolute Gasteiger partial charge is 0.478 e. The van der Waals surface area contributed by atoms with E-state index in [9.17, 15) is 9.59 Å². The molecular weight excluding hydrogens is 290 g/mol. The molecule has 21 heavy (non-hydrogen) atoms. The van der Waals surface area contributed by atoms with Gasteiger partial charge in [-0.05, 0) is 37.3 Å². The Morgan fingerprint density at radius 1 is 1.24 bits per heavy atom. The van der Waals surface area contributed by atoms with Gasteiger partial charge in [0, 0.05) is 22.5 Å². The molecule has 6 heteroatoms. The van der Waals surface area contributed by atoms with Crippen LogP contribution in [0.3, 0.4) is 0 Å². The van der Waals surface area contributed by atoms with Crippen LogP contribution in [0.5, 0.6) is 0 Å². The third kappa shape index (κ3) is 4.06. The lowest BCUT2D eigenvalue weighted by Crippen LogP contribution is -2.04. The van der Waals surface area contributed by atoms with Gasteiger partial charge in [0.1, 0.15) is 0 Å². The fourth-order valence-electron chi connectivity index (χ4n) is 1.71. The van der Waals surface area contributed by atoms with Gasteiger partial charge in [-0.1, -0.05) is 0 Å². The average Bonchev–Trinajstić information content (AvgIpc) is 2.95. The third-order valence-electron chi connectivity index (χ3n) is 2.76. The standard InChI is InChI=1S/C15H15NO4S/c1-2-20-15(19)10-3-5-12(6-4-10)16-8-13-7-11(9-21-13)14(17)18/h3-7,9,16H,2,8H2,1H3,(H,17,18). The Hall–Kier alpha value is -2.34. The molecule has 0 spiro atoms. The number of carboxylic acid groups (broad SMARTS) is 1. The summed E-state index contributed by atoms with van der Waals surface area (Å²) in [7, 11) is 0. The van der Waals surface area contributed by atoms with Crippen molar-refractivity contribution in [3.8, 4) is 0 Å². The van der Waals surface area contributed by atoms with Gasteiger partial charge in [0.2, 0.25) is 0 Å². The van der Waals surface area contributed by atoms with Crippen molar-refractivity contribution in [2.45, 2.75) is 13.5 Å². The first kappa shape index (κ1) is 15.1. The lowest BCUT2D eigenvalue weighted by molar-refractivity contribution is 0.0526. The van der Waals surface area contributed by atoms with Gasteiger partial charge >= 0.3 is 11.9 Å². The van der Waals surface area contributed by atoms with Crippen LogP contribution in [0.4, 0.5) is 5.69 Å².